The van der Waals surface area contributed by atoms with E-state index in [4.69, 9.17) is 5.73 Å². The summed E-state index contributed by atoms with van der Waals surface area (Å²) in [5.41, 5.74) is 10.5. The second-order valence-electron chi connectivity index (χ2n) is 5.39. The summed E-state index contributed by atoms with van der Waals surface area (Å²) < 4.78 is 0. The molecular weight excluding hydrogens is 274 g/mol. The largest absolute Gasteiger partial charge is 0.399 e. The second-order valence-corrected chi connectivity index (χ2v) is 5.39. The molecule has 112 valence electrons. The van der Waals surface area contributed by atoms with E-state index < -0.39 is 0 Å². The van der Waals surface area contributed by atoms with Gasteiger partial charge >= 0.3 is 0 Å². The molecule has 5 heteroatoms. The minimum atomic E-state index is 0.564. The molecule has 5 nitrogen and oxygen atoms in total. The molecule has 1 aliphatic rings. The number of benzene rings is 1. The maximum atomic E-state index is 5.84. The molecule has 3 rings (SSSR count). The summed E-state index contributed by atoms with van der Waals surface area (Å²) in [6.45, 7) is 2.94. The third-order valence-electron chi connectivity index (χ3n) is 3.51. The molecule has 0 bridgehead atoms. The predicted molar refractivity (Wildman–Crippen MR) is 90.7 cm³/mol. The van der Waals surface area contributed by atoms with Crippen LogP contribution in [0.25, 0.3) is 5.57 Å². The van der Waals surface area contributed by atoms with E-state index in [9.17, 15) is 0 Å². The number of nitrogen functional groups attached to an aromatic ring is 1. The van der Waals surface area contributed by atoms with Crippen molar-refractivity contribution in [2.75, 3.05) is 24.6 Å². The fourth-order valence-corrected chi connectivity index (χ4v) is 2.31. The van der Waals surface area contributed by atoms with Crippen LogP contribution in [0.4, 0.5) is 17.3 Å². The lowest BCUT2D eigenvalue weighted by atomic mass is 10.1. The van der Waals surface area contributed by atoms with E-state index in [1.807, 2.05) is 38.2 Å². The number of hydrogen-bond donors (Lipinski definition) is 2. The summed E-state index contributed by atoms with van der Waals surface area (Å²) in [6.07, 6.45) is 8.04. The quantitative estimate of drug-likeness (QED) is 0.852. The Bertz CT molecular complexity index is 748. The Morgan fingerprint density at radius 2 is 2.14 bits per heavy atom. The highest BCUT2D eigenvalue weighted by atomic mass is 15.1. The van der Waals surface area contributed by atoms with E-state index in [1.165, 1.54) is 0 Å². The zero-order valence-corrected chi connectivity index (χ0v) is 12.7. The number of nitrogens with zero attached hydrogens (tertiary/aromatic N) is 3. The van der Waals surface area contributed by atoms with Crippen molar-refractivity contribution in [2.24, 2.45) is 0 Å². The van der Waals surface area contributed by atoms with Gasteiger partial charge in [-0.1, -0.05) is 18.2 Å². The van der Waals surface area contributed by atoms with Gasteiger partial charge in [-0.25, -0.2) is 9.97 Å². The lowest BCUT2D eigenvalue weighted by Gasteiger charge is -2.17. The molecule has 0 saturated carbocycles. The van der Waals surface area contributed by atoms with Gasteiger partial charge in [-0.2, -0.15) is 0 Å². The van der Waals surface area contributed by atoms with Crippen molar-refractivity contribution >= 4 is 22.9 Å². The second kappa shape index (κ2) is 5.89. The van der Waals surface area contributed by atoms with Crippen molar-refractivity contribution in [3.8, 4) is 0 Å². The average molecular weight is 293 g/mol. The number of rotatable bonds is 3. The van der Waals surface area contributed by atoms with Gasteiger partial charge in [0.25, 0.3) is 0 Å². The fourth-order valence-electron chi connectivity index (χ4n) is 2.31. The van der Waals surface area contributed by atoms with Crippen LogP contribution in [-0.4, -0.2) is 28.5 Å². The van der Waals surface area contributed by atoms with Gasteiger partial charge < -0.3 is 16.0 Å². The van der Waals surface area contributed by atoms with Crippen molar-refractivity contribution in [1.29, 1.82) is 0 Å². The van der Waals surface area contributed by atoms with Crippen LogP contribution in [0, 0.1) is 6.92 Å². The summed E-state index contributed by atoms with van der Waals surface area (Å²) in [7, 11) is 2.04. The molecule has 0 atom stereocenters. The Kier molecular flexibility index (Phi) is 3.78. The normalized spacial score (nSPS) is 13.9. The Morgan fingerprint density at radius 1 is 1.27 bits per heavy atom. The SMILES string of the molecule is Cc1ccc(N)cc1Nc1nccc(C2=CN(C)CC=C2)n1. The summed E-state index contributed by atoms with van der Waals surface area (Å²) in [6, 6.07) is 7.65. The maximum Gasteiger partial charge on any atom is 0.227 e. The van der Waals surface area contributed by atoms with Gasteiger partial charge in [0.15, 0.2) is 0 Å². The summed E-state index contributed by atoms with van der Waals surface area (Å²) in [5, 5.41) is 3.24. The molecule has 2 heterocycles. The topological polar surface area (TPSA) is 67.1 Å². The van der Waals surface area contributed by atoms with Crippen LogP contribution in [0.2, 0.25) is 0 Å². The van der Waals surface area contributed by atoms with Crippen molar-refractivity contribution in [3.05, 3.63) is 60.1 Å². The molecule has 1 aliphatic heterocycles. The lowest BCUT2D eigenvalue weighted by molar-refractivity contribution is 0.507. The molecule has 0 amide bonds. The summed E-state index contributed by atoms with van der Waals surface area (Å²) >= 11 is 0. The van der Waals surface area contributed by atoms with Gasteiger partial charge in [0, 0.05) is 42.9 Å². The minimum Gasteiger partial charge on any atom is -0.399 e. The maximum absolute atomic E-state index is 5.84. The molecule has 0 spiro atoms. The highest BCUT2D eigenvalue weighted by molar-refractivity contribution is 5.73. The molecule has 1 aromatic carbocycles. The molecule has 0 unspecified atom stereocenters. The van der Waals surface area contributed by atoms with Crippen LogP contribution in [0.15, 0.2) is 48.8 Å². The molecule has 2 aromatic rings. The fraction of sp³-hybridized carbons (Fsp3) is 0.176. The van der Waals surface area contributed by atoms with E-state index in [0.717, 1.165) is 29.1 Å². The predicted octanol–water partition coefficient (Wildman–Crippen LogP) is 2.95. The first kappa shape index (κ1) is 14.1. The van der Waals surface area contributed by atoms with Crippen LogP contribution in [0.1, 0.15) is 11.3 Å². The highest BCUT2D eigenvalue weighted by Gasteiger charge is 2.08. The first-order chi connectivity index (χ1) is 10.6. The Labute approximate surface area is 130 Å². The first-order valence-corrected chi connectivity index (χ1v) is 7.17. The molecule has 1 aromatic heterocycles. The minimum absolute atomic E-state index is 0.564. The molecule has 22 heavy (non-hydrogen) atoms. The van der Waals surface area contributed by atoms with E-state index >= 15 is 0 Å². The summed E-state index contributed by atoms with van der Waals surface area (Å²) in [4.78, 5) is 11.0. The number of aryl methyl sites for hydroxylation is 1. The van der Waals surface area contributed by atoms with Gasteiger partial charge in [0.05, 0.1) is 5.69 Å². The monoisotopic (exact) mass is 293 g/mol. The number of likely N-dealkylation sites (N-methyl/N-ethyl adjacent to an activating group) is 1. The van der Waals surface area contributed by atoms with Crippen LogP contribution in [0.5, 0.6) is 0 Å². The van der Waals surface area contributed by atoms with Crippen LogP contribution >= 0.6 is 0 Å². The lowest BCUT2D eigenvalue weighted by Crippen LogP contribution is -2.14. The van der Waals surface area contributed by atoms with Gasteiger partial charge in [0.1, 0.15) is 0 Å². The first-order valence-electron chi connectivity index (χ1n) is 7.17. The Morgan fingerprint density at radius 3 is 2.95 bits per heavy atom. The summed E-state index contributed by atoms with van der Waals surface area (Å²) in [5.74, 6) is 0.564. The number of nitrogens with one attached hydrogen (secondary N) is 1. The van der Waals surface area contributed by atoms with E-state index in [1.54, 1.807) is 6.20 Å². The number of anilines is 3. The van der Waals surface area contributed by atoms with Crippen molar-refractivity contribution in [1.82, 2.24) is 14.9 Å². The number of allylic oxidation sites excluding steroid dienone is 2. The number of nitrogens with two attached hydrogens (primary N) is 1. The number of hydrogen-bond acceptors (Lipinski definition) is 5. The van der Waals surface area contributed by atoms with Crippen LogP contribution < -0.4 is 11.1 Å². The number of aromatic nitrogens is 2. The molecule has 0 saturated heterocycles. The average Bonchev–Trinajstić information content (AvgIpc) is 2.51. The van der Waals surface area contributed by atoms with Gasteiger partial charge in [0.2, 0.25) is 5.95 Å². The Hall–Kier alpha value is -2.82. The molecule has 0 aliphatic carbocycles. The molecular formula is C17H19N5. The van der Waals surface area contributed by atoms with Crippen LogP contribution in [-0.2, 0) is 0 Å². The third kappa shape index (κ3) is 3.09. The molecule has 3 N–H and O–H groups in total. The van der Waals surface area contributed by atoms with Crippen LogP contribution in [0.3, 0.4) is 0 Å². The zero-order valence-electron chi connectivity index (χ0n) is 12.7. The van der Waals surface area contributed by atoms with Crippen molar-refractivity contribution in [3.63, 3.8) is 0 Å². The van der Waals surface area contributed by atoms with E-state index in [2.05, 4.69) is 38.5 Å². The van der Waals surface area contributed by atoms with Crippen molar-refractivity contribution in [2.45, 2.75) is 6.92 Å². The smallest absolute Gasteiger partial charge is 0.227 e. The van der Waals surface area contributed by atoms with Gasteiger partial charge in [-0.15, -0.1) is 0 Å². The van der Waals surface area contributed by atoms with Crippen molar-refractivity contribution < 1.29 is 0 Å². The Balaban J connectivity index is 1.88. The van der Waals surface area contributed by atoms with E-state index in [0.29, 0.717) is 11.6 Å². The molecule has 0 fully saturated rings. The van der Waals surface area contributed by atoms with E-state index in [-0.39, 0.29) is 0 Å². The van der Waals surface area contributed by atoms with Gasteiger partial charge in [-0.3, -0.25) is 0 Å². The highest BCUT2D eigenvalue weighted by Crippen LogP contribution is 2.23. The zero-order chi connectivity index (χ0) is 15.5. The standard InChI is InChI=1S/C17H19N5/c1-12-5-6-14(18)10-16(12)21-17-19-8-7-15(20-17)13-4-3-9-22(2)11-13/h3-8,10-11H,9,18H2,1-2H3,(H,19,20,21). The molecule has 0 radical (unpaired) electrons. The third-order valence-corrected chi connectivity index (χ3v) is 3.51. The van der Waals surface area contributed by atoms with Gasteiger partial charge in [-0.05, 0) is 30.7 Å².